The van der Waals surface area contributed by atoms with E-state index in [-0.39, 0.29) is 18.2 Å². The van der Waals surface area contributed by atoms with Gasteiger partial charge in [-0.15, -0.1) is 6.58 Å². The van der Waals surface area contributed by atoms with Gasteiger partial charge in [0, 0.05) is 18.7 Å². The van der Waals surface area contributed by atoms with E-state index in [0.717, 1.165) is 34.5 Å². The van der Waals surface area contributed by atoms with Gasteiger partial charge in [0.15, 0.2) is 5.17 Å². The Morgan fingerprint density at radius 2 is 1.90 bits per heavy atom. The summed E-state index contributed by atoms with van der Waals surface area (Å²) in [5.41, 5.74) is 4.78. The van der Waals surface area contributed by atoms with Crippen molar-refractivity contribution in [1.82, 2.24) is 4.90 Å². The van der Waals surface area contributed by atoms with Crippen LogP contribution >= 0.6 is 11.8 Å². The van der Waals surface area contributed by atoms with Crippen LogP contribution in [0.25, 0.3) is 0 Å². The molecule has 0 radical (unpaired) electrons. The van der Waals surface area contributed by atoms with Gasteiger partial charge >= 0.3 is 0 Å². The van der Waals surface area contributed by atoms with Gasteiger partial charge in [0.25, 0.3) is 0 Å². The summed E-state index contributed by atoms with van der Waals surface area (Å²) in [6, 6.07) is 13.8. The van der Waals surface area contributed by atoms with Crippen LogP contribution in [0, 0.1) is 13.8 Å². The standard InChI is InChI=1S/C24H27N3O2S/c1-5-14-27-23(29)20(15-21(28)26-22-16(3)10-9-11-17(22)4)30-24(27)25-19-13-8-7-12-18(19)6-2/h5,7-13,20H,1,6,14-15H2,2-4H3,(H,26,28)/t20-/m0/s1. The van der Waals surface area contributed by atoms with Gasteiger partial charge in [0.2, 0.25) is 11.8 Å². The van der Waals surface area contributed by atoms with E-state index in [2.05, 4.69) is 18.8 Å². The van der Waals surface area contributed by atoms with Gasteiger partial charge in [0.1, 0.15) is 5.25 Å². The van der Waals surface area contributed by atoms with Gasteiger partial charge in [-0.05, 0) is 43.0 Å². The van der Waals surface area contributed by atoms with Gasteiger partial charge in [0.05, 0.1) is 5.69 Å². The zero-order valence-corrected chi connectivity index (χ0v) is 18.5. The SMILES string of the molecule is C=CCN1C(=O)[C@H](CC(=O)Nc2c(C)cccc2C)SC1=Nc1ccccc1CC. The second-order valence-corrected chi connectivity index (χ2v) is 8.41. The smallest absolute Gasteiger partial charge is 0.242 e. The quantitative estimate of drug-likeness (QED) is 0.639. The number of hydrogen-bond donors (Lipinski definition) is 1. The fraction of sp³-hybridized carbons (Fsp3) is 0.292. The van der Waals surface area contributed by atoms with E-state index >= 15 is 0 Å². The Morgan fingerprint density at radius 3 is 2.57 bits per heavy atom. The second kappa shape index (κ2) is 9.76. The molecule has 2 aromatic rings. The van der Waals surface area contributed by atoms with Crippen molar-refractivity contribution < 1.29 is 9.59 Å². The maximum Gasteiger partial charge on any atom is 0.242 e. The van der Waals surface area contributed by atoms with Crippen molar-refractivity contribution in [3.05, 3.63) is 71.8 Å². The number of aliphatic imine (C=N–C) groups is 1. The summed E-state index contributed by atoms with van der Waals surface area (Å²) in [5, 5.41) is 3.09. The van der Waals surface area contributed by atoms with E-state index in [1.165, 1.54) is 11.8 Å². The lowest BCUT2D eigenvalue weighted by Crippen LogP contribution is -2.33. The molecule has 1 aliphatic rings. The molecule has 0 aromatic heterocycles. The molecule has 30 heavy (non-hydrogen) atoms. The number of aryl methyl sites for hydroxylation is 3. The number of thioether (sulfide) groups is 1. The maximum atomic E-state index is 13.0. The van der Waals surface area contributed by atoms with Crippen molar-refractivity contribution in [2.45, 2.75) is 38.9 Å². The highest BCUT2D eigenvalue weighted by Gasteiger charge is 2.38. The van der Waals surface area contributed by atoms with E-state index in [9.17, 15) is 9.59 Å². The highest BCUT2D eigenvalue weighted by atomic mass is 32.2. The number of nitrogens with zero attached hydrogens (tertiary/aromatic N) is 2. The fourth-order valence-electron chi connectivity index (χ4n) is 3.41. The first-order valence-corrected chi connectivity index (χ1v) is 10.9. The number of nitrogens with one attached hydrogen (secondary N) is 1. The molecule has 1 N–H and O–H groups in total. The van der Waals surface area contributed by atoms with Crippen LogP contribution in [0.2, 0.25) is 0 Å². The topological polar surface area (TPSA) is 61.8 Å². The average Bonchev–Trinajstić information content (AvgIpc) is 3.00. The Morgan fingerprint density at radius 1 is 1.20 bits per heavy atom. The van der Waals surface area contributed by atoms with Crippen LogP contribution in [0.5, 0.6) is 0 Å². The van der Waals surface area contributed by atoms with Crippen molar-refractivity contribution >= 4 is 40.1 Å². The van der Waals surface area contributed by atoms with Gasteiger partial charge < -0.3 is 5.32 Å². The van der Waals surface area contributed by atoms with E-state index in [4.69, 9.17) is 4.99 Å². The molecule has 3 rings (SSSR count). The molecule has 1 heterocycles. The van der Waals surface area contributed by atoms with Crippen LogP contribution in [-0.2, 0) is 16.0 Å². The molecule has 156 valence electrons. The molecule has 6 heteroatoms. The first kappa shape index (κ1) is 21.8. The van der Waals surface area contributed by atoms with Crippen LogP contribution in [0.4, 0.5) is 11.4 Å². The third-order valence-electron chi connectivity index (χ3n) is 5.04. The lowest BCUT2D eigenvalue weighted by molar-refractivity contribution is -0.127. The van der Waals surface area contributed by atoms with Crippen molar-refractivity contribution in [3.8, 4) is 0 Å². The van der Waals surface area contributed by atoms with Crippen molar-refractivity contribution in [1.29, 1.82) is 0 Å². The molecule has 1 fully saturated rings. The molecule has 0 spiro atoms. The van der Waals surface area contributed by atoms with Gasteiger partial charge in [-0.2, -0.15) is 0 Å². The molecule has 0 aliphatic carbocycles. The summed E-state index contributed by atoms with van der Waals surface area (Å²) in [6.07, 6.45) is 2.63. The van der Waals surface area contributed by atoms with Crippen molar-refractivity contribution in [2.24, 2.45) is 4.99 Å². The van der Waals surface area contributed by atoms with Crippen LogP contribution < -0.4 is 5.32 Å². The largest absolute Gasteiger partial charge is 0.326 e. The van der Waals surface area contributed by atoms with E-state index in [1.54, 1.807) is 11.0 Å². The molecule has 1 aliphatic heterocycles. The Balaban J connectivity index is 1.79. The molecular weight excluding hydrogens is 394 g/mol. The summed E-state index contributed by atoms with van der Waals surface area (Å²) in [6.45, 7) is 10.1. The Labute approximate surface area is 182 Å². The minimum Gasteiger partial charge on any atom is -0.326 e. The minimum absolute atomic E-state index is 0.0966. The third-order valence-corrected chi connectivity index (χ3v) is 6.21. The normalized spacial score (nSPS) is 17.4. The molecule has 2 amide bonds. The van der Waals surface area contributed by atoms with E-state index in [0.29, 0.717) is 11.7 Å². The monoisotopic (exact) mass is 421 g/mol. The van der Waals surface area contributed by atoms with Gasteiger partial charge in [-0.3, -0.25) is 14.5 Å². The van der Waals surface area contributed by atoms with Crippen LogP contribution in [0.1, 0.15) is 30.0 Å². The number of amides is 2. The summed E-state index contributed by atoms with van der Waals surface area (Å²) >= 11 is 1.35. The predicted molar refractivity (Wildman–Crippen MR) is 125 cm³/mol. The molecule has 1 atom stereocenters. The molecule has 0 saturated carbocycles. The molecule has 0 unspecified atom stereocenters. The number of rotatable bonds is 7. The zero-order valence-electron chi connectivity index (χ0n) is 17.6. The number of amidine groups is 1. The van der Waals surface area contributed by atoms with Crippen molar-refractivity contribution in [2.75, 3.05) is 11.9 Å². The number of hydrogen-bond acceptors (Lipinski definition) is 4. The molecule has 2 aromatic carbocycles. The molecule has 0 bridgehead atoms. The molecular formula is C24H27N3O2S. The molecule has 5 nitrogen and oxygen atoms in total. The highest BCUT2D eigenvalue weighted by molar-refractivity contribution is 8.15. The minimum atomic E-state index is -0.498. The summed E-state index contributed by atoms with van der Waals surface area (Å²) in [4.78, 5) is 32.0. The summed E-state index contributed by atoms with van der Waals surface area (Å²) < 4.78 is 0. The number of para-hydroxylation sites is 2. The number of benzene rings is 2. The van der Waals surface area contributed by atoms with Crippen LogP contribution in [0.3, 0.4) is 0 Å². The van der Waals surface area contributed by atoms with E-state index < -0.39 is 5.25 Å². The summed E-state index contributed by atoms with van der Waals surface area (Å²) in [5.74, 6) is -0.281. The van der Waals surface area contributed by atoms with Crippen molar-refractivity contribution in [3.63, 3.8) is 0 Å². The van der Waals surface area contributed by atoms with Gasteiger partial charge in [-0.25, -0.2) is 4.99 Å². The second-order valence-electron chi connectivity index (χ2n) is 7.24. The third kappa shape index (κ3) is 4.82. The lowest BCUT2D eigenvalue weighted by atomic mass is 10.1. The number of anilines is 1. The first-order valence-electron chi connectivity index (χ1n) is 10.1. The summed E-state index contributed by atoms with van der Waals surface area (Å²) in [7, 11) is 0. The Kier molecular flexibility index (Phi) is 7.11. The maximum absolute atomic E-state index is 13.0. The Bertz CT molecular complexity index is 979. The highest BCUT2D eigenvalue weighted by Crippen LogP contribution is 2.33. The number of carbonyl (C=O) groups excluding carboxylic acids is 2. The fourth-order valence-corrected chi connectivity index (χ4v) is 4.57. The van der Waals surface area contributed by atoms with Crippen LogP contribution in [0.15, 0.2) is 60.1 Å². The lowest BCUT2D eigenvalue weighted by Gasteiger charge is -2.15. The average molecular weight is 422 g/mol. The molecule has 1 saturated heterocycles. The van der Waals surface area contributed by atoms with Crippen LogP contribution in [-0.4, -0.2) is 33.7 Å². The van der Waals surface area contributed by atoms with E-state index in [1.807, 2.05) is 56.3 Å². The van der Waals surface area contributed by atoms with Gasteiger partial charge in [-0.1, -0.05) is 61.2 Å². The number of carbonyl (C=O) groups is 2. The first-order chi connectivity index (χ1) is 14.4. The zero-order chi connectivity index (χ0) is 21.7. The Hall–Kier alpha value is -2.86. The predicted octanol–water partition coefficient (Wildman–Crippen LogP) is 5.01.